The fraction of sp³-hybridized carbons (Fsp3) is 0.500. The van der Waals surface area contributed by atoms with Crippen LogP contribution < -0.4 is 0 Å². The lowest BCUT2D eigenvalue weighted by atomic mass is 9.92. The van der Waals surface area contributed by atoms with E-state index in [2.05, 4.69) is 45.0 Å². The molecule has 0 radical (unpaired) electrons. The first-order valence-electron chi connectivity index (χ1n) is 4.86. The van der Waals surface area contributed by atoms with Crippen LogP contribution in [0.1, 0.15) is 37.3 Å². The summed E-state index contributed by atoms with van der Waals surface area (Å²) in [4.78, 5) is 0. The van der Waals surface area contributed by atoms with E-state index < -0.39 is 0 Å². The van der Waals surface area contributed by atoms with Gasteiger partial charge in [-0.15, -0.1) is 11.6 Å². The van der Waals surface area contributed by atoms with Crippen molar-refractivity contribution in [1.29, 1.82) is 0 Å². The molecule has 0 aromatic heterocycles. The summed E-state index contributed by atoms with van der Waals surface area (Å²) in [6, 6.07) is 8.47. The molecule has 1 heteroatoms. The average molecular weight is 197 g/mol. The first kappa shape index (κ1) is 10.6. The SMILES string of the molecule is CCC(Cl)C(C)c1ccccc1C. The molecular formula is C12H17Cl. The number of alkyl halides is 1. The minimum atomic E-state index is 0.251. The van der Waals surface area contributed by atoms with Gasteiger partial charge in [-0.1, -0.05) is 38.1 Å². The molecule has 72 valence electrons. The summed E-state index contributed by atoms with van der Waals surface area (Å²) in [5.41, 5.74) is 2.72. The van der Waals surface area contributed by atoms with Crippen molar-refractivity contribution >= 4 is 11.6 Å². The predicted molar refractivity (Wildman–Crippen MR) is 59.5 cm³/mol. The first-order chi connectivity index (χ1) is 6.16. The van der Waals surface area contributed by atoms with Gasteiger partial charge < -0.3 is 0 Å². The van der Waals surface area contributed by atoms with E-state index in [4.69, 9.17) is 11.6 Å². The van der Waals surface area contributed by atoms with E-state index in [0.29, 0.717) is 5.92 Å². The summed E-state index contributed by atoms with van der Waals surface area (Å²) in [6.07, 6.45) is 1.02. The van der Waals surface area contributed by atoms with Gasteiger partial charge in [-0.2, -0.15) is 0 Å². The predicted octanol–water partition coefficient (Wildman–Crippen LogP) is 4.12. The Morgan fingerprint density at radius 1 is 1.31 bits per heavy atom. The number of aryl methyl sites for hydroxylation is 1. The van der Waals surface area contributed by atoms with Crippen molar-refractivity contribution in [2.45, 2.75) is 38.5 Å². The summed E-state index contributed by atoms with van der Waals surface area (Å²) in [7, 11) is 0. The quantitative estimate of drug-likeness (QED) is 0.639. The van der Waals surface area contributed by atoms with Crippen LogP contribution in [0, 0.1) is 6.92 Å². The highest BCUT2D eigenvalue weighted by Gasteiger charge is 2.15. The second-order valence-electron chi connectivity index (χ2n) is 3.57. The van der Waals surface area contributed by atoms with Gasteiger partial charge in [0.2, 0.25) is 0 Å². The zero-order valence-electron chi connectivity index (χ0n) is 8.55. The van der Waals surface area contributed by atoms with E-state index in [1.165, 1.54) is 11.1 Å². The number of hydrogen-bond donors (Lipinski definition) is 0. The molecule has 1 aromatic carbocycles. The second-order valence-corrected chi connectivity index (χ2v) is 4.13. The van der Waals surface area contributed by atoms with Crippen molar-refractivity contribution in [3.8, 4) is 0 Å². The Labute approximate surface area is 85.9 Å². The van der Waals surface area contributed by atoms with Crippen LogP contribution in [-0.4, -0.2) is 5.38 Å². The van der Waals surface area contributed by atoms with E-state index in [0.717, 1.165) is 6.42 Å². The number of benzene rings is 1. The van der Waals surface area contributed by atoms with Crippen molar-refractivity contribution in [2.24, 2.45) is 0 Å². The van der Waals surface area contributed by atoms with Crippen molar-refractivity contribution in [3.63, 3.8) is 0 Å². The minimum Gasteiger partial charge on any atom is -0.122 e. The third kappa shape index (κ3) is 2.47. The molecule has 0 fully saturated rings. The molecule has 0 saturated heterocycles. The second kappa shape index (κ2) is 4.66. The maximum Gasteiger partial charge on any atom is 0.0399 e. The third-order valence-corrected chi connectivity index (χ3v) is 3.30. The third-order valence-electron chi connectivity index (χ3n) is 2.61. The molecule has 2 unspecified atom stereocenters. The monoisotopic (exact) mass is 196 g/mol. The smallest absolute Gasteiger partial charge is 0.0399 e. The molecule has 0 aliphatic heterocycles. The van der Waals surface area contributed by atoms with Gasteiger partial charge in [0.15, 0.2) is 0 Å². The Morgan fingerprint density at radius 3 is 2.46 bits per heavy atom. The fourth-order valence-corrected chi connectivity index (χ4v) is 1.78. The molecule has 0 spiro atoms. The van der Waals surface area contributed by atoms with Gasteiger partial charge >= 0.3 is 0 Å². The lowest BCUT2D eigenvalue weighted by Crippen LogP contribution is -2.09. The van der Waals surface area contributed by atoms with Crippen LogP contribution in [0.15, 0.2) is 24.3 Å². The maximum atomic E-state index is 6.22. The van der Waals surface area contributed by atoms with E-state index >= 15 is 0 Å². The van der Waals surface area contributed by atoms with Crippen LogP contribution in [0.3, 0.4) is 0 Å². The Kier molecular flexibility index (Phi) is 3.80. The van der Waals surface area contributed by atoms with Gasteiger partial charge in [0.05, 0.1) is 0 Å². The van der Waals surface area contributed by atoms with Crippen molar-refractivity contribution in [2.75, 3.05) is 0 Å². The zero-order chi connectivity index (χ0) is 9.84. The van der Waals surface area contributed by atoms with Crippen LogP contribution >= 0.6 is 11.6 Å². The fourth-order valence-electron chi connectivity index (χ4n) is 1.65. The number of hydrogen-bond acceptors (Lipinski definition) is 0. The summed E-state index contributed by atoms with van der Waals surface area (Å²) in [5, 5.41) is 0.251. The molecule has 13 heavy (non-hydrogen) atoms. The normalized spacial score (nSPS) is 15.4. The molecule has 0 saturated carbocycles. The summed E-state index contributed by atoms with van der Waals surface area (Å²) in [6.45, 7) is 6.47. The highest BCUT2D eigenvalue weighted by atomic mass is 35.5. The molecule has 0 N–H and O–H groups in total. The molecule has 1 rings (SSSR count). The van der Waals surface area contributed by atoms with Gasteiger partial charge in [0, 0.05) is 5.38 Å². The molecule has 1 aromatic rings. The van der Waals surface area contributed by atoms with Gasteiger partial charge in [-0.25, -0.2) is 0 Å². The van der Waals surface area contributed by atoms with Crippen molar-refractivity contribution in [1.82, 2.24) is 0 Å². The standard InChI is InChI=1S/C12H17Cl/c1-4-12(13)10(3)11-8-6-5-7-9(11)2/h5-8,10,12H,4H2,1-3H3. The Bertz CT molecular complexity index is 268. The highest BCUT2D eigenvalue weighted by molar-refractivity contribution is 6.21. The molecule has 0 aliphatic rings. The van der Waals surface area contributed by atoms with Gasteiger partial charge in [0.25, 0.3) is 0 Å². The molecule has 0 heterocycles. The Balaban J connectivity index is 2.88. The van der Waals surface area contributed by atoms with Crippen molar-refractivity contribution in [3.05, 3.63) is 35.4 Å². The van der Waals surface area contributed by atoms with Gasteiger partial charge in [0.1, 0.15) is 0 Å². The van der Waals surface area contributed by atoms with Crippen LogP contribution in [-0.2, 0) is 0 Å². The lowest BCUT2D eigenvalue weighted by Gasteiger charge is -2.18. The topological polar surface area (TPSA) is 0 Å². The van der Waals surface area contributed by atoms with Crippen LogP contribution in [0.5, 0.6) is 0 Å². The van der Waals surface area contributed by atoms with Gasteiger partial charge in [-0.05, 0) is 30.4 Å². The minimum absolute atomic E-state index is 0.251. The molecule has 0 amide bonds. The molecule has 0 aliphatic carbocycles. The lowest BCUT2D eigenvalue weighted by molar-refractivity contribution is 0.671. The molecular weight excluding hydrogens is 180 g/mol. The van der Waals surface area contributed by atoms with E-state index in [9.17, 15) is 0 Å². The average Bonchev–Trinajstić information content (AvgIpc) is 2.16. The van der Waals surface area contributed by atoms with E-state index in [1.54, 1.807) is 0 Å². The maximum absolute atomic E-state index is 6.22. The Hall–Kier alpha value is -0.490. The first-order valence-corrected chi connectivity index (χ1v) is 5.30. The van der Waals surface area contributed by atoms with Crippen molar-refractivity contribution < 1.29 is 0 Å². The van der Waals surface area contributed by atoms with E-state index in [-0.39, 0.29) is 5.38 Å². The molecule has 0 bridgehead atoms. The number of rotatable bonds is 3. The largest absolute Gasteiger partial charge is 0.122 e. The summed E-state index contributed by atoms with van der Waals surface area (Å²) >= 11 is 6.22. The molecule has 0 nitrogen and oxygen atoms in total. The number of halogens is 1. The molecule has 2 atom stereocenters. The summed E-state index contributed by atoms with van der Waals surface area (Å²) < 4.78 is 0. The summed E-state index contributed by atoms with van der Waals surface area (Å²) in [5.74, 6) is 0.452. The highest BCUT2D eigenvalue weighted by Crippen LogP contribution is 2.27. The van der Waals surface area contributed by atoms with Crippen LogP contribution in [0.25, 0.3) is 0 Å². The van der Waals surface area contributed by atoms with Crippen LogP contribution in [0.4, 0.5) is 0 Å². The van der Waals surface area contributed by atoms with Crippen LogP contribution in [0.2, 0.25) is 0 Å². The van der Waals surface area contributed by atoms with Gasteiger partial charge in [-0.3, -0.25) is 0 Å². The zero-order valence-corrected chi connectivity index (χ0v) is 9.31. The Morgan fingerprint density at radius 2 is 1.92 bits per heavy atom. The van der Waals surface area contributed by atoms with E-state index in [1.807, 2.05) is 0 Å².